The number of rotatable bonds is 3. The number of nitrogens with zero attached hydrogens (tertiary/aromatic N) is 4. The molecule has 3 heterocycles. The van der Waals surface area contributed by atoms with Gasteiger partial charge < -0.3 is 5.73 Å². The van der Waals surface area contributed by atoms with E-state index >= 15 is 0 Å². The number of nitrogen functional groups attached to an aromatic ring is 1. The third-order valence-corrected chi connectivity index (χ3v) is 4.50. The molecule has 7 nitrogen and oxygen atoms in total. The molecule has 0 aliphatic rings. The molecule has 4 rings (SSSR count). The van der Waals surface area contributed by atoms with E-state index in [0.717, 1.165) is 0 Å². The van der Waals surface area contributed by atoms with Crippen LogP contribution < -0.4 is 17.0 Å². The van der Waals surface area contributed by atoms with Gasteiger partial charge in [-0.2, -0.15) is 0 Å². The number of pyridine rings is 2. The minimum absolute atomic E-state index is 0.307. The van der Waals surface area contributed by atoms with E-state index in [4.69, 9.17) is 5.73 Å². The van der Waals surface area contributed by atoms with Crippen molar-refractivity contribution >= 4 is 16.7 Å². The van der Waals surface area contributed by atoms with Gasteiger partial charge in [-0.1, -0.05) is 6.07 Å². The summed E-state index contributed by atoms with van der Waals surface area (Å²) in [7, 11) is 0. The fourth-order valence-corrected chi connectivity index (χ4v) is 3.11. The smallest absolute Gasteiger partial charge is 0.337 e. The van der Waals surface area contributed by atoms with Gasteiger partial charge in [0.05, 0.1) is 22.8 Å². The predicted molar refractivity (Wildman–Crippen MR) is 104 cm³/mol. The van der Waals surface area contributed by atoms with Crippen molar-refractivity contribution in [3.63, 3.8) is 0 Å². The molecule has 134 valence electrons. The molecule has 0 amide bonds. The molecule has 0 aliphatic carbocycles. The molecule has 7 heteroatoms. The molecule has 3 aromatic heterocycles. The first-order chi connectivity index (χ1) is 13.1. The molecule has 1 atom stereocenters. The van der Waals surface area contributed by atoms with E-state index in [2.05, 4.69) is 9.97 Å². The monoisotopic (exact) mass is 359 g/mol. The number of anilines is 1. The molecule has 0 bridgehead atoms. The summed E-state index contributed by atoms with van der Waals surface area (Å²) < 4.78 is 2.64. The van der Waals surface area contributed by atoms with E-state index in [1.54, 1.807) is 67.8 Å². The topological polar surface area (TPSA) is 95.8 Å². The van der Waals surface area contributed by atoms with Crippen molar-refractivity contribution in [3.05, 3.63) is 93.5 Å². The Balaban J connectivity index is 2.08. The van der Waals surface area contributed by atoms with Crippen molar-refractivity contribution in [2.45, 2.75) is 13.0 Å². The van der Waals surface area contributed by atoms with E-state index in [0.29, 0.717) is 28.1 Å². The molecule has 0 radical (unpaired) electrons. The number of aromatic nitrogens is 4. The third kappa shape index (κ3) is 2.79. The Morgan fingerprint density at radius 1 is 0.926 bits per heavy atom. The fraction of sp³-hybridized carbons (Fsp3) is 0.100. The standard InChI is InChI=1S/C20H17N5O2/c1-13(17-6-2-3-11-22-17)24-19(26)16-5-4-12-23-18(16)25(20(24)27)15-9-7-14(21)8-10-15/h2-13H,21H2,1H3. The van der Waals surface area contributed by atoms with Crippen LogP contribution in [0.25, 0.3) is 16.7 Å². The van der Waals surface area contributed by atoms with Gasteiger partial charge >= 0.3 is 5.69 Å². The van der Waals surface area contributed by atoms with Crippen molar-refractivity contribution in [2.24, 2.45) is 0 Å². The maximum Gasteiger partial charge on any atom is 0.337 e. The molecular formula is C20H17N5O2. The maximum absolute atomic E-state index is 13.3. The van der Waals surface area contributed by atoms with Gasteiger partial charge in [0.2, 0.25) is 0 Å². The summed E-state index contributed by atoms with van der Waals surface area (Å²) in [6.45, 7) is 1.78. The van der Waals surface area contributed by atoms with Gasteiger partial charge in [-0.15, -0.1) is 0 Å². The summed E-state index contributed by atoms with van der Waals surface area (Å²) in [6.07, 6.45) is 3.19. The highest BCUT2D eigenvalue weighted by Crippen LogP contribution is 2.16. The van der Waals surface area contributed by atoms with Crippen LogP contribution in [0.3, 0.4) is 0 Å². The van der Waals surface area contributed by atoms with Gasteiger partial charge in [0.25, 0.3) is 5.56 Å². The van der Waals surface area contributed by atoms with Crippen LogP contribution in [0, 0.1) is 0 Å². The third-order valence-electron chi connectivity index (χ3n) is 4.50. The minimum Gasteiger partial charge on any atom is -0.399 e. The molecule has 2 N–H and O–H groups in total. The highest BCUT2D eigenvalue weighted by molar-refractivity contribution is 5.75. The summed E-state index contributed by atoms with van der Waals surface area (Å²) in [4.78, 5) is 35.0. The molecule has 0 saturated carbocycles. The summed E-state index contributed by atoms with van der Waals surface area (Å²) in [5, 5.41) is 0.358. The van der Waals surface area contributed by atoms with Crippen LogP contribution in [0.2, 0.25) is 0 Å². The Hall–Kier alpha value is -3.74. The van der Waals surface area contributed by atoms with Crippen molar-refractivity contribution in [2.75, 3.05) is 5.73 Å². The first-order valence-electron chi connectivity index (χ1n) is 8.47. The lowest BCUT2D eigenvalue weighted by atomic mass is 10.2. The normalized spacial score (nSPS) is 12.2. The van der Waals surface area contributed by atoms with Crippen LogP contribution in [0.1, 0.15) is 18.7 Å². The zero-order chi connectivity index (χ0) is 19.0. The first-order valence-corrected chi connectivity index (χ1v) is 8.47. The number of hydrogen-bond acceptors (Lipinski definition) is 5. The van der Waals surface area contributed by atoms with Crippen LogP contribution in [0.15, 0.2) is 76.6 Å². The van der Waals surface area contributed by atoms with Gasteiger partial charge in [0, 0.05) is 18.1 Å². The Morgan fingerprint density at radius 2 is 1.67 bits per heavy atom. The van der Waals surface area contributed by atoms with Crippen LogP contribution in [0.4, 0.5) is 5.69 Å². The van der Waals surface area contributed by atoms with Gasteiger partial charge in [-0.3, -0.25) is 14.3 Å². The SMILES string of the molecule is CC(c1ccccn1)n1c(=O)c2cccnc2n(-c2ccc(N)cc2)c1=O. The van der Waals surface area contributed by atoms with Gasteiger partial charge in [-0.05, 0) is 55.5 Å². The number of fused-ring (bicyclic) bond motifs is 1. The predicted octanol–water partition coefficient (Wildman–Crippen LogP) is 2.13. The van der Waals surface area contributed by atoms with Crippen molar-refractivity contribution in [1.29, 1.82) is 0 Å². The summed E-state index contributed by atoms with van der Waals surface area (Å²) in [5.41, 5.74) is 7.00. The molecular weight excluding hydrogens is 342 g/mol. The number of hydrogen-bond donors (Lipinski definition) is 1. The van der Waals surface area contributed by atoms with E-state index in [1.807, 2.05) is 6.07 Å². The summed E-state index contributed by atoms with van der Waals surface area (Å²) in [5.74, 6) is 0. The van der Waals surface area contributed by atoms with Gasteiger partial charge in [0.1, 0.15) is 0 Å². The van der Waals surface area contributed by atoms with Crippen LogP contribution in [0.5, 0.6) is 0 Å². The zero-order valence-corrected chi connectivity index (χ0v) is 14.6. The highest BCUT2D eigenvalue weighted by Gasteiger charge is 2.20. The van der Waals surface area contributed by atoms with Crippen molar-refractivity contribution < 1.29 is 0 Å². The van der Waals surface area contributed by atoms with Crippen LogP contribution >= 0.6 is 0 Å². The molecule has 4 aromatic rings. The minimum atomic E-state index is -0.532. The Bertz CT molecular complexity index is 1230. The quantitative estimate of drug-likeness (QED) is 0.565. The Labute approximate surface area is 154 Å². The summed E-state index contributed by atoms with van der Waals surface area (Å²) in [6, 6.07) is 15.1. The Morgan fingerprint density at radius 3 is 2.37 bits per heavy atom. The van der Waals surface area contributed by atoms with E-state index in [9.17, 15) is 9.59 Å². The lowest BCUT2D eigenvalue weighted by Gasteiger charge is -2.18. The average Bonchev–Trinajstić information content (AvgIpc) is 2.70. The highest BCUT2D eigenvalue weighted by atomic mass is 16.2. The van der Waals surface area contributed by atoms with Crippen molar-refractivity contribution in [1.82, 2.24) is 19.1 Å². The number of nitrogens with two attached hydrogens (primary N) is 1. The second kappa shape index (κ2) is 6.53. The van der Waals surface area contributed by atoms with Gasteiger partial charge in [0.15, 0.2) is 5.65 Å². The lowest BCUT2D eigenvalue weighted by molar-refractivity contribution is 0.559. The van der Waals surface area contributed by atoms with Crippen molar-refractivity contribution in [3.8, 4) is 5.69 Å². The number of benzene rings is 1. The Kier molecular flexibility index (Phi) is 4.04. The average molecular weight is 359 g/mol. The van der Waals surface area contributed by atoms with E-state index < -0.39 is 17.3 Å². The molecule has 1 unspecified atom stereocenters. The molecule has 0 spiro atoms. The molecule has 0 fully saturated rings. The molecule has 0 saturated heterocycles. The summed E-state index contributed by atoms with van der Waals surface area (Å²) >= 11 is 0. The molecule has 1 aromatic carbocycles. The maximum atomic E-state index is 13.3. The lowest BCUT2D eigenvalue weighted by Crippen LogP contribution is -2.41. The second-order valence-corrected chi connectivity index (χ2v) is 6.19. The van der Waals surface area contributed by atoms with Crippen LogP contribution in [-0.4, -0.2) is 19.1 Å². The van der Waals surface area contributed by atoms with E-state index in [1.165, 1.54) is 9.13 Å². The molecule has 27 heavy (non-hydrogen) atoms. The zero-order valence-electron chi connectivity index (χ0n) is 14.6. The first kappa shape index (κ1) is 16.7. The van der Waals surface area contributed by atoms with E-state index in [-0.39, 0.29) is 0 Å². The van der Waals surface area contributed by atoms with Crippen LogP contribution in [-0.2, 0) is 0 Å². The second-order valence-electron chi connectivity index (χ2n) is 6.19. The van der Waals surface area contributed by atoms with Gasteiger partial charge in [-0.25, -0.2) is 14.3 Å². The fourth-order valence-electron chi connectivity index (χ4n) is 3.11. The largest absolute Gasteiger partial charge is 0.399 e. The molecule has 0 aliphatic heterocycles.